The Bertz CT molecular complexity index is 1170. The lowest BCUT2D eigenvalue weighted by Crippen LogP contribution is -2.12. The summed E-state index contributed by atoms with van der Waals surface area (Å²) in [6, 6.07) is 15.1. The molecule has 0 saturated carbocycles. The minimum absolute atomic E-state index is 0.245. The maximum atomic E-state index is 12.7. The predicted molar refractivity (Wildman–Crippen MR) is 141 cm³/mol. The van der Waals surface area contributed by atoms with Gasteiger partial charge in [0.15, 0.2) is 11.5 Å². The highest BCUT2D eigenvalue weighted by molar-refractivity contribution is 7.15. The summed E-state index contributed by atoms with van der Waals surface area (Å²) in [6.45, 7) is 6.90. The monoisotopic (exact) mass is 493 g/mol. The first kappa shape index (κ1) is 26.0. The smallest absolute Gasteiger partial charge is 0.341 e. The van der Waals surface area contributed by atoms with E-state index in [1.54, 1.807) is 20.1 Å². The van der Waals surface area contributed by atoms with Crippen LogP contribution in [0, 0.1) is 5.92 Å². The molecule has 0 aliphatic rings. The first-order valence-corrected chi connectivity index (χ1v) is 12.4. The number of amides is 1. The Morgan fingerprint density at radius 3 is 2.54 bits per heavy atom. The Morgan fingerprint density at radius 1 is 1.09 bits per heavy atom. The molecule has 0 saturated heterocycles. The predicted octanol–water partition coefficient (Wildman–Crippen LogP) is 6.68. The van der Waals surface area contributed by atoms with Crippen molar-refractivity contribution >= 4 is 34.3 Å². The van der Waals surface area contributed by atoms with Crippen LogP contribution in [0.15, 0.2) is 60.0 Å². The summed E-state index contributed by atoms with van der Waals surface area (Å²) >= 11 is 1.29. The molecular formula is C28H31NO5S. The van der Waals surface area contributed by atoms with Gasteiger partial charge in [0.05, 0.1) is 20.3 Å². The summed E-state index contributed by atoms with van der Waals surface area (Å²) in [4.78, 5) is 25.4. The van der Waals surface area contributed by atoms with E-state index < -0.39 is 5.97 Å². The molecule has 0 atom stereocenters. The zero-order valence-electron chi connectivity index (χ0n) is 20.5. The van der Waals surface area contributed by atoms with Crippen LogP contribution in [0.1, 0.15) is 43.1 Å². The second-order valence-corrected chi connectivity index (χ2v) is 9.08. The van der Waals surface area contributed by atoms with E-state index in [-0.39, 0.29) is 12.5 Å². The highest BCUT2D eigenvalue weighted by atomic mass is 32.1. The maximum Gasteiger partial charge on any atom is 0.341 e. The number of benzene rings is 2. The molecule has 3 rings (SSSR count). The molecule has 0 fully saturated rings. The van der Waals surface area contributed by atoms with Crippen molar-refractivity contribution in [3.63, 3.8) is 0 Å². The second kappa shape index (κ2) is 12.8. The number of anilines is 1. The molecule has 35 heavy (non-hydrogen) atoms. The van der Waals surface area contributed by atoms with Gasteiger partial charge in [0.25, 0.3) is 0 Å². The minimum Gasteiger partial charge on any atom is -0.493 e. The number of ether oxygens (including phenoxy) is 3. The van der Waals surface area contributed by atoms with E-state index in [1.165, 1.54) is 17.4 Å². The van der Waals surface area contributed by atoms with Gasteiger partial charge in [-0.2, -0.15) is 0 Å². The largest absolute Gasteiger partial charge is 0.493 e. The lowest BCUT2D eigenvalue weighted by molar-refractivity contribution is -0.111. The van der Waals surface area contributed by atoms with E-state index >= 15 is 0 Å². The molecule has 6 nitrogen and oxygen atoms in total. The van der Waals surface area contributed by atoms with E-state index in [1.807, 2.05) is 53.9 Å². The minimum atomic E-state index is -0.468. The quantitative estimate of drug-likeness (QED) is 0.238. The standard InChI is InChI=1S/C28H31NO5S/c1-5-33-28(31)26-22(21-9-7-6-8-10-21)18-35-27(26)29-25(30)14-12-20-11-13-23(24(17-20)32-4)34-16-15-19(2)3/h6-14,17-19H,5,15-16H2,1-4H3,(H,29,30)/b14-12+. The molecule has 0 aliphatic carbocycles. The van der Waals surface area contributed by atoms with Crippen molar-refractivity contribution in [1.82, 2.24) is 0 Å². The third-order valence-electron chi connectivity index (χ3n) is 5.16. The van der Waals surface area contributed by atoms with Crippen molar-refractivity contribution in [3.05, 3.63) is 71.1 Å². The number of rotatable bonds is 11. The highest BCUT2D eigenvalue weighted by Crippen LogP contribution is 2.36. The van der Waals surface area contributed by atoms with Gasteiger partial charge < -0.3 is 19.5 Å². The van der Waals surface area contributed by atoms with Crippen molar-refractivity contribution in [2.45, 2.75) is 27.2 Å². The summed E-state index contributed by atoms with van der Waals surface area (Å²) in [5.41, 5.74) is 2.75. The molecule has 1 heterocycles. The van der Waals surface area contributed by atoms with Gasteiger partial charge in [-0.05, 0) is 48.6 Å². The number of esters is 1. The van der Waals surface area contributed by atoms with Crippen molar-refractivity contribution < 1.29 is 23.8 Å². The number of hydrogen-bond donors (Lipinski definition) is 1. The van der Waals surface area contributed by atoms with Gasteiger partial charge in [-0.1, -0.05) is 50.2 Å². The number of methoxy groups -OCH3 is 1. The molecule has 7 heteroatoms. The van der Waals surface area contributed by atoms with Crippen LogP contribution in [0.2, 0.25) is 0 Å². The fourth-order valence-electron chi connectivity index (χ4n) is 3.32. The van der Waals surface area contributed by atoms with Crippen LogP contribution in [-0.2, 0) is 9.53 Å². The molecule has 0 radical (unpaired) electrons. The number of hydrogen-bond acceptors (Lipinski definition) is 6. The maximum absolute atomic E-state index is 12.7. The van der Waals surface area contributed by atoms with Gasteiger partial charge in [0, 0.05) is 17.0 Å². The van der Waals surface area contributed by atoms with Crippen molar-refractivity contribution in [2.24, 2.45) is 5.92 Å². The zero-order chi connectivity index (χ0) is 25.2. The fourth-order valence-corrected chi connectivity index (χ4v) is 4.28. The van der Waals surface area contributed by atoms with Crippen LogP contribution in [-0.4, -0.2) is 32.2 Å². The second-order valence-electron chi connectivity index (χ2n) is 8.20. The average Bonchev–Trinajstić information content (AvgIpc) is 3.27. The molecule has 0 unspecified atom stereocenters. The number of nitrogens with one attached hydrogen (secondary N) is 1. The SMILES string of the molecule is CCOC(=O)c1c(-c2ccccc2)csc1NC(=O)/C=C/c1ccc(OCCC(C)C)c(OC)c1. The van der Waals surface area contributed by atoms with Crippen LogP contribution >= 0.6 is 11.3 Å². The van der Waals surface area contributed by atoms with Crippen LogP contribution in [0.4, 0.5) is 5.00 Å². The summed E-state index contributed by atoms with van der Waals surface area (Å²) in [5, 5.41) is 5.12. The normalized spacial score (nSPS) is 11.0. The molecule has 3 aromatic rings. The molecule has 1 N–H and O–H groups in total. The van der Waals surface area contributed by atoms with Crippen LogP contribution in [0.25, 0.3) is 17.2 Å². The Labute approximate surface area is 210 Å². The van der Waals surface area contributed by atoms with Gasteiger partial charge in [0.1, 0.15) is 10.6 Å². The van der Waals surface area contributed by atoms with Gasteiger partial charge >= 0.3 is 5.97 Å². The molecular weight excluding hydrogens is 462 g/mol. The first-order valence-electron chi connectivity index (χ1n) is 11.6. The molecule has 0 spiro atoms. The first-order chi connectivity index (χ1) is 16.9. The van der Waals surface area contributed by atoms with E-state index in [0.29, 0.717) is 34.6 Å². The fraction of sp³-hybridized carbons (Fsp3) is 0.286. The lowest BCUT2D eigenvalue weighted by atomic mass is 10.0. The molecule has 0 aliphatic heterocycles. The Kier molecular flexibility index (Phi) is 9.49. The Morgan fingerprint density at radius 2 is 1.86 bits per heavy atom. The Balaban J connectivity index is 1.75. The topological polar surface area (TPSA) is 73.9 Å². The third-order valence-corrected chi connectivity index (χ3v) is 6.06. The van der Waals surface area contributed by atoms with Crippen LogP contribution in [0.3, 0.4) is 0 Å². The number of thiophene rings is 1. The van der Waals surface area contributed by atoms with Crippen molar-refractivity contribution in [3.8, 4) is 22.6 Å². The van der Waals surface area contributed by atoms with Crippen molar-refractivity contribution in [1.29, 1.82) is 0 Å². The van der Waals surface area contributed by atoms with E-state index in [4.69, 9.17) is 14.2 Å². The van der Waals surface area contributed by atoms with Crippen molar-refractivity contribution in [2.75, 3.05) is 25.6 Å². The Hall–Kier alpha value is -3.58. The summed E-state index contributed by atoms with van der Waals surface area (Å²) < 4.78 is 16.5. The van der Waals surface area contributed by atoms with Gasteiger partial charge in [-0.3, -0.25) is 4.79 Å². The zero-order valence-corrected chi connectivity index (χ0v) is 21.3. The number of carbonyl (C=O) groups excluding carboxylic acids is 2. The van der Waals surface area contributed by atoms with Gasteiger partial charge in [0.2, 0.25) is 5.91 Å². The lowest BCUT2D eigenvalue weighted by Gasteiger charge is -2.12. The summed E-state index contributed by atoms with van der Waals surface area (Å²) in [6.07, 6.45) is 4.06. The molecule has 1 aromatic heterocycles. The van der Waals surface area contributed by atoms with E-state index in [2.05, 4.69) is 19.2 Å². The summed E-state index contributed by atoms with van der Waals surface area (Å²) in [7, 11) is 1.59. The van der Waals surface area contributed by atoms with Gasteiger partial charge in [-0.15, -0.1) is 11.3 Å². The molecule has 2 aromatic carbocycles. The van der Waals surface area contributed by atoms with Crippen LogP contribution in [0.5, 0.6) is 11.5 Å². The third kappa shape index (κ3) is 7.20. The van der Waals surface area contributed by atoms with E-state index in [9.17, 15) is 9.59 Å². The molecule has 184 valence electrons. The highest BCUT2D eigenvalue weighted by Gasteiger charge is 2.22. The molecule has 1 amide bonds. The number of carbonyl (C=O) groups is 2. The average molecular weight is 494 g/mol. The molecule has 0 bridgehead atoms. The van der Waals surface area contributed by atoms with Gasteiger partial charge in [-0.25, -0.2) is 4.79 Å². The van der Waals surface area contributed by atoms with Crippen LogP contribution < -0.4 is 14.8 Å². The summed E-state index contributed by atoms with van der Waals surface area (Å²) in [5.74, 6) is 1.00. The van der Waals surface area contributed by atoms with E-state index in [0.717, 1.165) is 23.1 Å².